The van der Waals surface area contributed by atoms with Gasteiger partial charge in [0.25, 0.3) is 0 Å². The van der Waals surface area contributed by atoms with Gasteiger partial charge in [-0.15, -0.1) is 0 Å². The predicted octanol–water partition coefficient (Wildman–Crippen LogP) is 1.47. The third-order valence-corrected chi connectivity index (χ3v) is 2.26. The van der Waals surface area contributed by atoms with Crippen molar-refractivity contribution < 1.29 is 13.9 Å². The number of furan rings is 2. The third-order valence-electron chi connectivity index (χ3n) is 2.26. The van der Waals surface area contributed by atoms with Gasteiger partial charge in [-0.05, 0) is 12.1 Å². The Hall–Kier alpha value is -1.51. The Balaban J connectivity index is 2.29. The van der Waals surface area contributed by atoms with E-state index in [1.807, 2.05) is 12.1 Å². The lowest BCUT2D eigenvalue weighted by atomic mass is 10.0. The first-order valence-corrected chi connectivity index (χ1v) is 3.83. The van der Waals surface area contributed by atoms with Crippen LogP contribution in [0.1, 0.15) is 11.1 Å². The number of ether oxygens (including phenoxy) is 1. The van der Waals surface area contributed by atoms with Crippen molar-refractivity contribution >= 4 is 17.1 Å². The maximum Gasteiger partial charge on any atom is 0.310 e. The Morgan fingerprint density at radius 3 is 2.75 bits per heavy atom. The maximum absolute atomic E-state index is 10.9. The van der Waals surface area contributed by atoms with Gasteiger partial charge in [-0.2, -0.15) is 0 Å². The van der Waals surface area contributed by atoms with Gasteiger partial charge in [0.05, 0.1) is 6.42 Å². The van der Waals surface area contributed by atoms with Gasteiger partial charge in [-0.3, -0.25) is 4.79 Å². The van der Waals surface area contributed by atoms with Crippen LogP contribution in [0.25, 0.3) is 11.2 Å². The third kappa shape index (κ3) is 0.587. The van der Waals surface area contributed by atoms with Crippen LogP contribution in [-0.4, -0.2) is 5.97 Å². The van der Waals surface area contributed by atoms with Crippen LogP contribution in [0.5, 0.6) is 0 Å². The molecule has 0 fully saturated rings. The number of benzene rings is 1. The fourth-order valence-electron chi connectivity index (χ4n) is 1.66. The highest BCUT2D eigenvalue weighted by Gasteiger charge is 2.24. The first-order chi connectivity index (χ1) is 5.84. The lowest BCUT2D eigenvalue weighted by molar-refractivity contribution is -0.145. The van der Waals surface area contributed by atoms with E-state index in [-0.39, 0.29) is 5.97 Å². The molecule has 3 heteroatoms. The summed E-state index contributed by atoms with van der Waals surface area (Å²) in [5.74, 6) is -0.161. The molecule has 60 valence electrons. The van der Waals surface area contributed by atoms with E-state index in [1.165, 1.54) is 0 Å². The molecule has 3 rings (SSSR count). The number of hydrogen-bond acceptors (Lipinski definition) is 3. The number of carbonyl (C=O) groups excluding carboxylic acids is 1. The van der Waals surface area contributed by atoms with E-state index < -0.39 is 0 Å². The van der Waals surface area contributed by atoms with E-state index in [2.05, 4.69) is 0 Å². The molecule has 0 N–H and O–H groups in total. The van der Waals surface area contributed by atoms with Crippen LogP contribution in [0.3, 0.4) is 0 Å². The first-order valence-electron chi connectivity index (χ1n) is 3.83. The fourth-order valence-corrected chi connectivity index (χ4v) is 1.66. The summed E-state index contributed by atoms with van der Waals surface area (Å²) in [6, 6.07) is 3.81. The summed E-state index contributed by atoms with van der Waals surface area (Å²) in [6.45, 7) is 0.372. The van der Waals surface area contributed by atoms with Gasteiger partial charge in [-0.1, -0.05) is 0 Å². The molecule has 0 aromatic carbocycles. The number of carbonyl (C=O) groups is 1. The van der Waals surface area contributed by atoms with Gasteiger partial charge in [0, 0.05) is 11.1 Å². The Morgan fingerprint density at radius 1 is 1.17 bits per heavy atom. The van der Waals surface area contributed by atoms with Crippen molar-refractivity contribution in [1.29, 1.82) is 0 Å². The van der Waals surface area contributed by atoms with Gasteiger partial charge in [0.1, 0.15) is 17.8 Å². The first kappa shape index (κ1) is 6.06. The van der Waals surface area contributed by atoms with Crippen molar-refractivity contribution in [3.05, 3.63) is 23.3 Å². The number of cyclic esters (lactones) is 1. The molecule has 0 amide bonds. The van der Waals surface area contributed by atoms with Crippen LogP contribution in [0.4, 0.5) is 0 Å². The van der Waals surface area contributed by atoms with Crippen LogP contribution >= 0.6 is 0 Å². The summed E-state index contributed by atoms with van der Waals surface area (Å²) in [5.41, 5.74) is 3.75. The van der Waals surface area contributed by atoms with Gasteiger partial charge in [-0.25, -0.2) is 0 Å². The molecule has 0 radical (unpaired) electrons. The average Bonchev–Trinajstić information content (AvgIpc) is 2.63. The molecule has 1 aliphatic heterocycles. The highest BCUT2D eigenvalue weighted by atomic mass is 16.5. The highest BCUT2D eigenvalue weighted by molar-refractivity contribution is 5.83. The molecule has 1 aliphatic rings. The topological polar surface area (TPSA) is 39.4 Å². The fraction of sp³-hybridized carbons (Fsp3) is 0.222. The van der Waals surface area contributed by atoms with E-state index >= 15 is 0 Å². The number of hydrogen-bond donors (Lipinski definition) is 0. The number of esters is 1. The Bertz CT molecular complexity index is 441. The molecule has 0 aliphatic carbocycles. The molecule has 0 saturated heterocycles. The molecule has 2 bridgehead atoms. The van der Waals surface area contributed by atoms with Crippen molar-refractivity contribution in [3.63, 3.8) is 0 Å². The Labute approximate surface area is 68.3 Å². The predicted molar refractivity (Wildman–Crippen MR) is 40.9 cm³/mol. The smallest absolute Gasteiger partial charge is 0.310 e. The van der Waals surface area contributed by atoms with E-state index in [4.69, 9.17) is 9.15 Å². The largest absolute Gasteiger partial charge is 0.460 e. The molecule has 0 spiro atoms. The lowest BCUT2D eigenvalue weighted by Crippen LogP contribution is -2.15. The van der Waals surface area contributed by atoms with E-state index in [1.54, 1.807) is 0 Å². The van der Waals surface area contributed by atoms with Gasteiger partial charge in [0.15, 0.2) is 0 Å². The molecule has 0 unspecified atom stereocenters. The molecule has 12 heavy (non-hydrogen) atoms. The van der Waals surface area contributed by atoms with Crippen molar-refractivity contribution in [2.45, 2.75) is 13.0 Å². The van der Waals surface area contributed by atoms with Gasteiger partial charge >= 0.3 is 5.97 Å². The summed E-state index contributed by atoms with van der Waals surface area (Å²) >= 11 is 0. The normalized spacial score (nSPS) is 16.5. The van der Waals surface area contributed by atoms with Crippen molar-refractivity contribution in [2.24, 2.45) is 0 Å². The monoisotopic (exact) mass is 162 g/mol. The second-order valence-corrected chi connectivity index (χ2v) is 2.96. The molecular formula is C9H6O3. The van der Waals surface area contributed by atoms with E-state index in [0.717, 1.165) is 22.3 Å². The molecule has 0 saturated carbocycles. The van der Waals surface area contributed by atoms with Gasteiger partial charge < -0.3 is 9.15 Å². The molecule has 2 aromatic rings. The van der Waals surface area contributed by atoms with E-state index in [0.29, 0.717) is 13.0 Å². The minimum Gasteiger partial charge on any atom is -0.460 e. The zero-order chi connectivity index (χ0) is 8.13. The van der Waals surface area contributed by atoms with Crippen LogP contribution in [0.15, 0.2) is 16.5 Å². The zero-order valence-corrected chi connectivity index (χ0v) is 6.29. The summed E-state index contributed by atoms with van der Waals surface area (Å²) < 4.78 is 10.3. The summed E-state index contributed by atoms with van der Waals surface area (Å²) in [6.07, 6.45) is 0.360. The molecular weight excluding hydrogens is 156 g/mol. The van der Waals surface area contributed by atoms with Crippen molar-refractivity contribution in [2.75, 3.05) is 0 Å². The standard InChI is InChI=1S/C9H6O3/c10-9-3-5-6(4-11-9)8-2-1-7(5)12-8/h1-2H,3-4H2. The second kappa shape index (κ2) is 1.80. The average molecular weight is 162 g/mol. The molecule has 0 atom stereocenters. The quantitative estimate of drug-likeness (QED) is 0.550. The second-order valence-electron chi connectivity index (χ2n) is 2.96. The molecule has 3 heterocycles. The van der Waals surface area contributed by atoms with Crippen LogP contribution in [-0.2, 0) is 22.6 Å². The summed E-state index contributed by atoms with van der Waals surface area (Å²) in [5, 5.41) is 0. The van der Waals surface area contributed by atoms with Crippen LogP contribution < -0.4 is 0 Å². The van der Waals surface area contributed by atoms with Crippen LogP contribution in [0, 0.1) is 0 Å². The Morgan fingerprint density at radius 2 is 1.92 bits per heavy atom. The lowest BCUT2D eigenvalue weighted by Gasteiger charge is -2.11. The number of fused-ring (bicyclic) bond motifs is 5. The summed E-state index contributed by atoms with van der Waals surface area (Å²) in [4.78, 5) is 10.9. The van der Waals surface area contributed by atoms with Crippen molar-refractivity contribution in [3.8, 4) is 0 Å². The molecule has 3 nitrogen and oxygen atoms in total. The highest BCUT2D eigenvalue weighted by Crippen LogP contribution is 2.32. The maximum atomic E-state index is 10.9. The minimum absolute atomic E-state index is 0.161. The Kier molecular flexibility index (Phi) is 0.909. The van der Waals surface area contributed by atoms with Crippen LogP contribution in [0.2, 0.25) is 0 Å². The number of rotatable bonds is 0. The van der Waals surface area contributed by atoms with E-state index in [9.17, 15) is 4.79 Å². The molecule has 2 aromatic heterocycles. The zero-order valence-electron chi connectivity index (χ0n) is 6.29. The SMILES string of the molecule is O=C1Cc2c(c3ccc2o3)CO1. The van der Waals surface area contributed by atoms with Gasteiger partial charge in [0.2, 0.25) is 0 Å². The minimum atomic E-state index is -0.161. The van der Waals surface area contributed by atoms with Crippen molar-refractivity contribution in [1.82, 2.24) is 0 Å². The summed E-state index contributed by atoms with van der Waals surface area (Å²) in [7, 11) is 0.